The van der Waals surface area contributed by atoms with Crippen molar-refractivity contribution in [1.29, 1.82) is 0 Å². The zero-order chi connectivity index (χ0) is 35.1. The molecular weight excluding hydrogens is 572 g/mol. The van der Waals surface area contributed by atoms with Crippen molar-refractivity contribution < 1.29 is 4.74 Å². The van der Waals surface area contributed by atoms with Crippen LogP contribution in [-0.4, -0.2) is 19.7 Å². The van der Waals surface area contributed by atoms with Crippen molar-refractivity contribution in [3.63, 3.8) is 0 Å². The third kappa shape index (κ3) is 13.7. The minimum absolute atomic E-state index is 0.0183. The highest BCUT2D eigenvalue weighted by Gasteiger charge is 2.21. The number of aryl methyl sites for hydroxylation is 1. The molecule has 0 aliphatic heterocycles. The van der Waals surface area contributed by atoms with Crippen LogP contribution in [0.1, 0.15) is 96.8 Å². The summed E-state index contributed by atoms with van der Waals surface area (Å²) in [6.45, 7) is 36.6. The fourth-order valence-electron chi connectivity index (χ4n) is 6.33. The summed E-state index contributed by atoms with van der Waals surface area (Å²) in [6, 6.07) is 17.3. The van der Waals surface area contributed by atoms with Crippen molar-refractivity contribution in [3.8, 4) is 5.75 Å². The van der Waals surface area contributed by atoms with E-state index in [4.69, 9.17) is 4.74 Å². The Morgan fingerprint density at radius 1 is 0.936 bits per heavy atom. The summed E-state index contributed by atoms with van der Waals surface area (Å²) in [5, 5.41) is 7.34. The molecule has 0 saturated heterocycles. The summed E-state index contributed by atoms with van der Waals surface area (Å²) >= 11 is 0. The van der Waals surface area contributed by atoms with Crippen molar-refractivity contribution >= 4 is 0 Å². The molecule has 0 bridgehead atoms. The van der Waals surface area contributed by atoms with Crippen LogP contribution in [0.5, 0.6) is 5.75 Å². The summed E-state index contributed by atoms with van der Waals surface area (Å²) in [5.41, 5.74) is 8.16. The molecule has 2 aromatic carbocycles. The maximum Gasteiger partial charge on any atom is 0.121 e. The second-order valence-electron chi connectivity index (χ2n) is 14.6. The monoisotopic (exact) mass is 639 g/mol. The first-order valence-corrected chi connectivity index (χ1v) is 17.8. The molecule has 0 aliphatic rings. The normalized spacial score (nSPS) is 15.4. The molecule has 5 unspecified atom stereocenters. The van der Waals surface area contributed by atoms with Crippen LogP contribution < -0.4 is 15.4 Å². The lowest BCUT2D eigenvalue weighted by Gasteiger charge is -2.27. The molecule has 2 N–H and O–H groups in total. The van der Waals surface area contributed by atoms with Crippen LogP contribution in [0.3, 0.4) is 0 Å². The number of rotatable bonds is 22. The smallest absolute Gasteiger partial charge is 0.121 e. The molecule has 258 valence electrons. The highest BCUT2D eigenvalue weighted by molar-refractivity contribution is 5.37. The number of hydrogen-bond donors (Lipinski definition) is 2. The summed E-state index contributed by atoms with van der Waals surface area (Å²) in [7, 11) is 1.72. The van der Waals surface area contributed by atoms with Gasteiger partial charge < -0.3 is 15.4 Å². The minimum Gasteiger partial charge on any atom is -0.496 e. The van der Waals surface area contributed by atoms with E-state index in [0.717, 1.165) is 61.4 Å². The third-order valence-corrected chi connectivity index (χ3v) is 10.1. The van der Waals surface area contributed by atoms with Crippen molar-refractivity contribution in [2.45, 2.75) is 99.5 Å². The molecule has 2 aromatic rings. The maximum atomic E-state index is 5.51. The molecule has 2 rings (SSSR count). The van der Waals surface area contributed by atoms with E-state index in [2.05, 4.69) is 153 Å². The van der Waals surface area contributed by atoms with Gasteiger partial charge in [0.05, 0.1) is 13.2 Å². The van der Waals surface area contributed by atoms with Gasteiger partial charge in [0.15, 0.2) is 0 Å². The van der Waals surface area contributed by atoms with Gasteiger partial charge in [0.2, 0.25) is 0 Å². The molecule has 0 radical (unpaired) electrons. The number of nitrogens with one attached hydrogen (secondary N) is 2. The predicted molar refractivity (Wildman–Crippen MR) is 207 cm³/mol. The summed E-state index contributed by atoms with van der Waals surface area (Å²) in [4.78, 5) is 0. The Morgan fingerprint density at radius 3 is 2.21 bits per heavy atom. The fourth-order valence-corrected chi connectivity index (χ4v) is 6.33. The van der Waals surface area contributed by atoms with Gasteiger partial charge in [0.1, 0.15) is 5.75 Å². The Balaban J connectivity index is 2.03. The van der Waals surface area contributed by atoms with Crippen LogP contribution in [0.25, 0.3) is 0 Å². The molecule has 0 aromatic heterocycles. The van der Waals surface area contributed by atoms with E-state index < -0.39 is 0 Å². The minimum atomic E-state index is -0.0183. The van der Waals surface area contributed by atoms with Crippen molar-refractivity contribution in [2.75, 3.05) is 13.7 Å². The van der Waals surface area contributed by atoms with Gasteiger partial charge in [-0.1, -0.05) is 128 Å². The highest BCUT2D eigenvalue weighted by atomic mass is 16.5. The second-order valence-corrected chi connectivity index (χ2v) is 14.6. The lowest BCUT2D eigenvalue weighted by Crippen LogP contribution is -2.38. The maximum absolute atomic E-state index is 5.51. The van der Waals surface area contributed by atoms with Crippen LogP contribution in [0.4, 0.5) is 0 Å². The first kappa shape index (κ1) is 39.7. The predicted octanol–water partition coefficient (Wildman–Crippen LogP) is 11.4. The lowest BCUT2D eigenvalue weighted by molar-refractivity contribution is 0.322. The molecule has 3 nitrogen and oxygen atoms in total. The number of hydrogen-bond acceptors (Lipinski definition) is 3. The molecule has 0 amide bonds. The fraction of sp³-hybridized carbons (Fsp3) is 0.500. The van der Waals surface area contributed by atoms with Crippen molar-refractivity contribution in [1.82, 2.24) is 10.6 Å². The molecule has 0 aliphatic carbocycles. The van der Waals surface area contributed by atoms with Crippen LogP contribution >= 0.6 is 0 Å². The van der Waals surface area contributed by atoms with Crippen LogP contribution in [0.2, 0.25) is 0 Å². The van der Waals surface area contributed by atoms with E-state index in [9.17, 15) is 0 Å². The topological polar surface area (TPSA) is 33.3 Å². The van der Waals surface area contributed by atoms with Gasteiger partial charge in [-0.3, -0.25) is 0 Å². The Kier molecular flexibility index (Phi) is 16.9. The van der Waals surface area contributed by atoms with E-state index >= 15 is 0 Å². The van der Waals surface area contributed by atoms with Crippen LogP contribution in [0.15, 0.2) is 110 Å². The summed E-state index contributed by atoms with van der Waals surface area (Å²) in [6.07, 6.45) is 9.49. The standard InChI is InChI=1S/C44H66N2O/c1-30(2)25-42(31(3)4)27-33(6)35(8)29-45-39(12)43(28-40-23-24-44(47-13)34(7)26-40)46-36(9)20-18-17-19-32(5)37(10)38(11)41-21-15-14-16-22-41/h14-16,18,20-24,26,30,32,35,37-38,42-43,45-46H,3,6,9,12,17,19,25,27-29H2,1-2,4-5,7-8,10-11,13H3/b20-18+/t32?,35?,37?,38?,42?,43-/m1/s1. The average molecular weight is 639 g/mol. The second kappa shape index (κ2) is 20.0. The van der Waals surface area contributed by atoms with Gasteiger partial charge in [-0.15, -0.1) is 0 Å². The van der Waals surface area contributed by atoms with Gasteiger partial charge in [0.25, 0.3) is 0 Å². The Bertz CT molecular complexity index is 1320. The SMILES string of the molecule is C=C(/C=C/CCC(C)C(C)C(C)c1ccccc1)N[C@H](Cc1ccc(OC)c(C)c1)C(=C)NCC(C)C(=C)CC(CC(C)C)C(=C)C. The van der Waals surface area contributed by atoms with Gasteiger partial charge in [0, 0.05) is 17.9 Å². The molecule has 3 heteroatoms. The molecule has 0 saturated carbocycles. The third-order valence-electron chi connectivity index (χ3n) is 10.1. The number of allylic oxidation sites excluding steroid dienone is 3. The zero-order valence-electron chi connectivity index (χ0n) is 31.3. The van der Waals surface area contributed by atoms with E-state index in [0.29, 0.717) is 35.5 Å². The number of benzene rings is 2. The van der Waals surface area contributed by atoms with Crippen LogP contribution in [0, 0.1) is 36.5 Å². The quantitative estimate of drug-likeness (QED) is 0.0994. The molecule has 0 fully saturated rings. The van der Waals surface area contributed by atoms with E-state index in [-0.39, 0.29) is 6.04 Å². The van der Waals surface area contributed by atoms with Gasteiger partial charge >= 0.3 is 0 Å². The van der Waals surface area contributed by atoms with Crippen molar-refractivity contribution in [2.24, 2.45) is 29.6 Å². The van der Waals surface area contributed by atoms with Crippen LogP contribution in [-0.2, 0) is 6.42 Å². The van der Waals surface area contributed by atoms with E-state index in [1.54, 1.807) is 7.11 Å². The Morgan fingerprint density at radius 2 is 1.62 bits per heavy atom. The summed E-state index contributed by atoms with van der Waals surface area (Å²) in [5.74, 6) is 4.13. The summed E-state index contributed by atoms with van der Waals surface area (Å²) < 4.78 is 5.51. The molecule has 6 atom stereocenters. The first-order valence-electron chi connectivity index (χ1n) is 17.8. The number of ether oxygens (including phenoxy) is 1. The van der Waals surface area contributed by atoms with Gasteiger partial charge in [-0.25, -0.2) is 0 Å². The zero-order valence-corrected chi connectivity index (χ0v) is 31.3. The molecule has 47 heavy (non-hydrogen) atoms. The largest absolute Gasteiger partial charge is 0.496 e. The molecule has 0 heterocycles. The highest BCUT2D eigenvalue weighted by Crippen LogP contribution is 2.32. The van der Waals surface area contributed by atoms with Crippen molar-refractivity contribution in [3.05, 3.63) is 126 Å². The lowest BCUT2D eigenvalue weighted by atomic mass is 9.79. The van der Waals surface area contributed by atoms with E-state index in [1.807, 2.05) is 0 Å². The number of methoxy groups -OCH3 is 1. The van der Waals surface area contributed by atoms with E-state index in [1.165, 1.54) is 22.3 Å². The molecule has 0 spiro atoms. The van der Waals surface area contributed by atoms with Gasteiger partial charge in [-0.2, -0.15) is 0 Å². The van der Waals surface area contributed by atoms with Gasteiger partial charge in [-0.05, 0) is 110 Å². The Hall–Kier alpha value is -3.46. The average Bonchev–Trinajstić information content (AvgIpc) is 3.04. The molecular formula is C44H66N2O. The first-order chi connectivity index (χ1) is 22.2. The Labute approximate surface area is 289 Å².